The Morgan fingerprint density at radius 3 is 2.83 bits per heavy atom. The maximum Gasteiger partial charge on any atom is 0.229 e. The van der Waals surface area contributed by atoms with Crippen LogP contribution in [0.4, 0.5) is 5.82 Å². The fourth-order valence-electron chi connectivity index (χ4n) is 4.98. The third-order valence-corrected chi connectivity index (χ3v) is 7.14. The molecule has 3 fully saturated rings. The molecule has 1 spiro atoms. The number of fused-ring (bicyclic) bond motifs is 1. The molecular formula is C23H21N5O. The summed E-state index contributed by atoms with van der Waals surface area (Å²) >= 11 is 0. The Morgan fingerprint density at radius 1 is 1.28 bits per heavy atom. The summed E-state index contributed by atoms with van der Waals surface area (Å²) in [5.74, 6) is 0.714. The zero-order chi connectivity index (χ0) is 19.8. The molecule has 1 aromatic carbocycles. The fourth-order valence-corrected chi connectivity index (χ4v) is 4.98. The van der Waals surface area contributed by atoms with E-state index in [0.717, 1.165) is 47.7 Å². The Morgan fingerprint density at radius 2 is 2.14 bits per heavy atom. The number of pyridine rings is 1. The number of nitriles is 1. The number of benzene rings is 1. The lowest BCUT2D eigenvalue weighted by Gasteiger charge is -2.11. The lowest BCUT2D eigenvalue weighted by molar-refractivity contribution is -0.117. The number of carbonyl (C=O) groups is 1. The van der Waals surface area contributed by atoms with E-state index in [1.165, 1.54) is 0 Å². The highest BCUT2D eigenvalue weighted by Crippen LogP contribution is 2.78. The van der Waals surface area contributed by atoms with Crippen molar-refractivity contribution in [3.05, 3.63) is 54.0 Å². The average molecular weight is 383 g/mol. The topological polar surface area (TPSA) is 83.6 Å². The number of aryl methyl sites for hydroxylation is 1. The zero-order valence-electron chi connectivity index (χ0n) is 16.2. The van der Waals surface area contributed by atoms with E-state index in [2.05, 4.69) is 33.6 Å². The summed E-state index contributed by atoms with van der Waals surface area (Å²) in [6, 6.07) is 12.7. The van der Waals surface area contributed by atoms with Gasteiger partial charge in [-0.3, -0.25) is 9.48 Å². The van der Waals surface area contributed by atoms with Gasteiger partial charge in [0.05, 0.1) is 17.2 Å². The molecule has 0 aliphatic heterocycles. The summed E-state index contributed by atoms with van der Waals surface area (Å²) in [5, 5.41) is 19.2. The first-order valence-corrected chi connectivity index (χ1v) is 10.2. The second-order valence-corrected chi connectivity index (χ2v) is 8.96. The van der Waals surface area contributed by atoms with E-state index in [-0.39, 0.29) is 28.6 Å². The van der Waals surface area contributed by atoms with E-state index in [9.17, 15) is 10.1 Å². The van der Waals surface area contributed by atoms with Gasteiger partial charge < -0.3 is 5.32 Å². The third kappa shape index (κ3) is 2.43. The van der Waals surface area contributed by atoms with Crippen LogP contribution in [-0.2, 0) is 17.3 Å². The molecule has 6 heteroatoms. The van der Waals surface area contributed by atoms with Gasteiger partial charge in [0.2, 0.25) is 5.91 Å². The first kappa shape index (κ1) is 16.7. The van der Waals surface area contributed by atoms with Crippen LogP contribution in [0.1, 0.15) is 42.9 Å². The molecule has 29 heavy (non-hydrogen) atoms. The van der Waals surface area contributed by atoms with Gasteiger partial charge in [-0.1, -0.05) is 12.1 Å². The maximum atomic E-state index is 12.6. The van der Waals surface area contributed by atoms with Crippen molar-refractivity contribution in [3.8, 4) is 6.07 Å². The van der Waals surface area contributed by atoms with Crippen LogP contribution >= 0.6 is 0 Å². The van der Waals surface area contributed by atoms with Crippen LogP contribution < -0.4 is 5.32 Å². The van der Waals surface area contributed by atoms with Crippen molar-refractivity contribution in [1.82, 2.24) is 14.8 Å². The first-order valence-electron chi connectivity index (χ1n) is 10.2. The summed E-state index contributed by atoms with van der Waals surface area (Å²) < 4.78 is 1.77. The lowest BCUT2D eigenvalue weighted by atomic mass is 9.92. The van der Waals surface area contributed by atoms with Gasteiger partial charge in [-0.2, -0.15) is 10.4 Å². The highest BCUT2D eigenvalue weighted by molar-refractivity contribution is 5.96. The normalized spacial score (nSPS) is 28.1. The number of hydrogen-bond donors (Lipinski definition) is 1. The molecule has 0 saturated heterocycles. The summed E-state index contributed by atoms with van der Waals surface area (Å²) in [6.45, 7) is 0. The van der Waals surface area contributed by atoms with Crippen LogP contribution in [0.15, 0.2) is 42.7 Å². The SMILES string of the molecule is Cn1ccc([C@H]2C[C@@H]2C(=O)Nc2cc3cc([C@@]4(C#N)CC45CC5)ccc3cn2)n1. The molecule has 0 bridgehead atoms. The van der Waals surface area contributed by atoms with Crippen LogP contribution in [0.3, 0.4) is 0 Å². The Labute approximate surface area is 168 Å². The molecule has 3 atom stereocenters. The van der Waals surface area contributed by atoms with Gasteiger partial charge in [0, 0.05) is 36.7 Å². The minimum Gasteiger partial charge on any atom is -0.310 e. The number of nitrogens with one attached hydrogen (secondary N) is 1. The number of hydrogen-bond acceptors (Lipinski definition) is 4. The molecule has 6 nitrogen and oxygen atoms in total. The molecule has 144 valence electrons. The lowest BCUT2D eigenvalue weighted by Crippen LogP contribution is -2.15. The smallest absolute Gasteiger partial charge is 0.229 e. The highest BCUT2D eigenvalue weighted by atomic mass is 16.2. The molecule has 3 aliphatic carbocycles. The van der Waals surface area contributed by atoms with E-state index in [0.29, 0.717) is 5.82 Å². The molecule has 2 aromatic heterocycles. The molecule has 0 radical (unpaired) electrons. The highest BCUT2D eigenvalue weighted by Gasteiger charge is 2.75. The average Bonchev–Trinajstić information content (AvgIpc) is 3.67. The van der Waals surface area contributed by atoms with E-state index in [1.54, 1.807) is 10.9 Å². The van der Waals surface area contributed by atoms with Crippen molar-refractivity contribution < 1.29 is 4.79 Å². The van der Waals surface area contributed by atoms with Crippen LogP contribution in [0.25, 0.3) is 10.8 Å². The summed E-state index contributed by atoms with van der Waals surface area (Å²) in [6.07, 6.45) is 7.83. The van der Waals surface area contributed by atoms with Crippen LogP contribution in [0.5, 0.6) is 0 Å². The van der Waals surface area contributed by atoms with Crippen LogP contribution in [0, 0.1) is 22.7 Å². The van der Waals surface area contributed by atoms with Crippen molar-refractivity contribution in [3.63, 3.8) is 0 Å². The number of rotatable bonds is 4. The molecular weight excluding hydrogens is 362 g/mol. The Hall–Kier alpha value is -3.20. The van der Waals surface area contributed by atoms with Crippen molar-refractivity contribution in [1.29, 1.82) is 5.26 Å². The van der Waals surface area contributed by atoms with E-state index >= 15 is 0 Å². The number of nitrogens with zero attached hydrogens (tertiary/aromatic N) is 4. The van der Waals surface area contributed by atoms with Crippen molar-refractivity contribution >= 4 is 22.5 Å². The molecule has 2 heterocycles. The van der Waals surface area contributed by atoms with Crippen LogP contribution in [-0.4, -0.2) is 20.7 Å². The van der Waals surface area contributed by atoms with Gasteiger partial charge in [0.25, 0.3) is 0 Å². The Balaban J connectivity index is 1.23. The van der Waals surface area contributed by atoms with E-state index < -0.39 is 0 Å². The number of carbonyl (C=O) groups excluding carboxylic acids is 1. The molecule has 1 N–H and O–H groups in total. The first-order chi connectivity index (χ1) is 14.0. The second kappa shape index (κ2) is 5.44. The number of anilines is 1. The van der Waals surface area contributed by atoms with Crippen LogP contribution in [0.2, 0.25) is 0 Å². The second-order valence-electron chi connectivity index (χ2n) is 8.96. The maximum absolute atomic E-state index is 12.6. The van der Waals surface area contributed by atoms with Crippen molar-refractivity contribution in [2.75, 3.05) is 5.32 Å². The van der Waals surface area contributed by atoms with Gasteiger partial charge in [-0.25, -0.2) is 4.98 Å². The standard InChI is InChI=1S/C23H21N5O/c1-28-7-4-19(27-28)17-10-18(17)21(29)26-20-9-15-8-16(3-2-14(15)11-25-20)23(13-24)12-22(23)5-6-22/h2-4,7-9,11,17-18H,5-6,10,12H2,1H3,(H,25,26,29)/t17-,18-,23-/m0/s1. The predicted octanol–water partition coefficient (Wildman–Crippen LogP) is 3.66. The zero-order valence-corrected chi connectivity index (χ0v) is 16.2. The minimum absolute atomic E-state index is 0.00345. The summed E-state index contributed by atoms with van der Waals surface area (Å²) in [7, 11) is 1.89. The van der Waals surface area contributed by atoms with E-state index in [1.807, 2.05) is 31.4 Å². The van der Waals surface area contributed by atoms with Gasteiger partial charge in [0.15, 0.2) is 0 Å². The van der Waals surface area contributed by atoms with Gasteiger partial charge in [-0.15, -0.1) is 0 Å². The number of amides is 1. The predicted molar refractivity (Wildman–Crippen MR) is 108 cm³/mol. The summed E-state index contributed by atoms with van der Waals surface area (Å²) in [4.78, 5) is 17.1. The molecule has 1 amide bonds. The van der Waals surface area contributed by atoms with Crippen molar-refractivity contribution in [2.24, 2.45) is 18.4 Å². The number of aromatic nitrogens is 3. The third-order valence-electron chi connectivity index (χ3n) is 7.14. The summed E-state index contributed by atoms with van der Waals surface area (Å²) in [5.41, 5.74) is 2.01. The fraction of sp³-hybridized carbons (Fsp3) is 0.391. The monoisotopic (exact) mass is 383 g/mol. The largest absolute Gasteiger partial charge is 0.310 e. The Kier molecular flexibility index (Phi) is 3.14. The van der Waals surface area contributed by atoms with E-state index in [4.69, 9.17) is 0 Å². The van der Waals surface area contributed by atoms with Crippen molar-refractivity contribution in [2.45, 2.75) is 37.0 Å². The molecule has 3 aromatic rings. The van der Waals surface area contributed by atoms with Gasteiger partial charge >= 0.3 is 0 Å². The molecule has 0 unspecified atom stereocenters. The minimum atomic E-state index is -0.308. The van der Waals surface area contributed by atoms with Gasteiger partial charge in [0.1, 0.15) is 5.82 Å². The molecule has 6 rings (SSSR count). The van der Waals surface area contributed by atoms with Gasteiger partial charge in [-0.05, 0) is 60.2 Å². The molecule has 3 aliphatic rings. The quantitative estimate of drug-likeness (QED) is 0.745. The Bertz CT molecular complexity index is 1220. The molecule has 3 saturated carbocycles.